The highest BCUT2D eigenvalue weighted by Gasteiger charge is 2.13. The van der Waals surface area contributed by atoms with E-state index in [2.05, 4.69) is 21.5 Å². The molecule has 0 saturated carbocycles. The van der Waals surface area contributed by atoms with Crippen LogP contribution in [0.2, 0.25) is 0 Å². The standard InChI is InChI=1S/C11H15N3O3S/c1-14(2)18(16,17)13-11-8-5-7-10(12-11)6-3-4-9-15/h5,7-8,15H,4,9H2,1-2H3,(H,12,13). The number of hydrogen-bond acceptors (Lipinski definition) is 4. The molecule has 0 fully saturated rings. The molecule has 0 aromatic carbocycles. The molecule has 0 radical (unpaired) electrons. The van der Waals surface area contributed by atoms with Crippen LogP contribution in [0.15, 0.2) is 18.2 Å². The van der Waals surface area contributed by atoms with Gasteiger partial charge in [-0.2, -0.15) is 12.7 Å². The van der Waals surface area contributed by atoms with Gasteiger partial charge in [0.25, 0.3) is 0 Å². The van der Waals surface area contributed by atoms with Gasteiger partial charge >= 0.3 is 10.2 Å². The Kier molecular flexibility index (Phi) is 5.09. The third kappa shape index (κ3) is 4.33. The quantitative estimate of drug-likeness (QED) is 0.756. The fraction of sp³-hybridized carbons (Fsp3) is 0.364. The number of hydrogen-bond donors (Lipinski definition) is 2. The van der Waals surface area contributed by atoms with Gasteiger partial charge in [-0.15, -0.1) is 0 Å². The van der Waals surface area contributed by atoms with Crippen molar-refractivity contribution < 1.29 is 13.5 Å². The zero-order chi connectivity index (χ0) is 13.6. The van der Waals surface area contributed by atoms with E-state index in [9.17, 15) is 8.42 Å². The molecule has 0 atom stereocenters. The SMILES string of the molecule is CN(C)S(=O)(=O)Nc1cccc(C#CCCO)n1. The first-order valence-corrected chi connectivity index (χ1v) is 6.67. The summed E-state index contributed by atoms with van der Waals surface area (Å²) in [5.41, 5.74) is 0.447. The van der Waals surface area contributed by atoms with E-state index in [1.807, 2.05) is 0 Å². The fourth-order valence-corrected chi connectivity index (χ4v) is 1.55. The van der Waals surface area contributed by atoms with E-state index >= 15 is 0 Å². The summed E-state index contributed by atoms with van der Waals surface area (Å²) in [6.07, 6.45) is 0.356. The maximum absolute atomic E-state index is 11.6. The molecule has 7 heteroatoms. The summed E-state index contributed by atoms with van der Waals surface area (Å²) in [6.45, 7) is -0.0139. The maximum Gasteiger partial charge on any atom is 0.302 e. The highest BCUT2D eigenvalue weighted by molar-refractivity contribution is 7.90. The minimum Gasteiger partial charge on any atom is -0.395 e. The van der Waals surface area contributed by atoms with Gasteiger partial charge < -0.3 is 5.11 Å². The number of pyridine rings is 1. The Morgan fingerprint density at radius 1 is 1.44 bits per heavy atom. The van der Waals surface area contributed by atoms with Gasteiger partial charge in [0.05, 0.1) is 6.61 Å². The van der Waals surface area contributed by atoms with Crippen molar-refractivity contribution in [1.82, 2.24) is 9.29 Å². The van der Waals surface area contributed by atoms with Gasteiger partial charge in [-0.3, -0.25) is 4.72 Å². The molecule has 0 amide bonds. The molecule has 0 aliphatic carbocycles. The maximum atomic E-state index is 11.6. The first-order valence-electron chi connectivity index (χ1n) is 5.23. The molecule has 1 rings (SSSR count). The van der Waals surface area contributed by atoms with Crippen molar-refractivity contribution in [3.8, 4) is 11.8 Å². The van der Waals surface area contributed by atoms with Crippen LogP contribution in [0.25, 0.3) is 0 Å². The van der Waals surface area contributed by atoms with E-state index < -0.39 is 10.2 Å². The molecular weight excluding hydrogens is 254 g/mol. The van der Waals surface area contributed by atoms with Crippen molar-refractivity contribution >= 4 is 16.0 Å². The normalized spacial score (nSPS) is 10.9. The molecule has 98 valence electrons. The van der Waals surface area contributed by atoms with Gasteiger partial charge in [0.2, 0.25) is 0 Å². The van der Waals surface area contributed by atoms with Crippen LogP contribution in [-0.4, -0.2) is 43.5 Å². The van der Waals surface area contributed by atoms with Crippen molar-refractivity contribution in [2.75, 3.05) is 25.4 Å². The van der Waals surface area contributed by atoms with Crippen molar-refractivity contribution in [1.29, 1.82) is 0 Å². The minimum atomic E-state index is -3.56. The first kappa shape index (κ1) is 14.4. The molecule has 2 N–H and O–H groups in total. The van der Waals surface area contributed by atoms with Crippen LogP contribution in [0.5, 0.6) is 0 Å². The van der Waals surface area contributed by atoms with Gasteiger partial charge in [0.15, 0.2) is 0 Å². The molecule has 0 saturated heterocycles. The molecule has 6 nitrogen and oxygen atoms in total. The van der Waals surface area contributed by atoms with Gasteiger partial charge in [-0.25, -0.2) is 4.98 Å². The largest absolute Gasteiger partial charge is 0.395 e. The highest BCUT2D eigenvalue weighted by Crippen LogP contribution is 2.07. The number of nitrogens with zero attached hydrogens (tertiary/aromatic N) is 2. The number of rotatable bonds is 4. The van der Waals surface area contributed by atoms with Crippen LogP contribution >= 0.6 is 0 Å². The Hall–Kier alpha value is -1.62. The van der Waals surface area contributed by atoms with Crippen LogP contribution in [0, 0.1) is 11.8 Å². The van der Waals surface area contributed by atoms with Crippen LogP contribution in [0.1, 0.15) is 12.1 Å². The zero-order valence-corrected chi connectivity index (χ0v) is 11.0. The van der Waals surface area contributed by atoms with Gasteiger partial charge in [-0.05, 0) is 18.1 Å². The van der Waals surface area contributed by atoms with E-state index in [0.29, 0.717) is 12.1 Å². The number of aromatic nitrogens is 1. The lowest BCUT2D eigenvalue weighted by Crippen LogP contribution is -2.29. The molecule has 0 bridgehead atoms. The number of nitrogens with one attached hydrogen (secondary N) is 1. The molecule has 0 unspecified atom stereocenters. The van der Waals surface area contributed by atoms with E-state index in [4.69, 9.17) is 5.11 Å². The topological polar surface area (TPSA) is 82.5 Å². The van der Waals surface area contributed by atoms with Crippen molar-refractivity contribution in [2.45, 2.75) is 6.42 Å². The molecule has 0 spiro atoms. The molecule has 0 aliphatic rings. The summed E-state index contributed by atoms with van der Waals surface area (Å²) in [5, 5.41) is 8.59. The molecule has 1 aromatic heterocycles. The average molecular weight is 269 g/mol. The third-order valence-electron chi connectivity index (χ3n) is 1.92. The van der Waals surface area contributed by atoms with E-state index in [-0.39, 0.29) is 12.4 Å². The predicted molar refractivity (Wildman–Crippen MR) is 69.0 cm³/mol. The molecule has 18 heavy (non-hydrogen) atoms. The van der Waals surface area contributed by atoms with E-state index in [1.165, 1.54) is 20.2 Å². The van der Waals surface area contributed by atoms with Crippen LogP contribution in [0.4, 0.5) is 5.82 Å². The van der Waals surface area contributed by atoms with Crippen LogP contribution in [0.3, 0.4) is 0 Å². The Balaban J connectivity index is 2.88. The van der Waals surface area contributed by atoms with Gasteiger partial charge in [0.1, 0.15) is 11.5 Å². The average Bonchev–Trinajstić information content (AvgIpc) is 2.29. The lowest BCUT2D eigenvalue weighted by atomic mass is 10.3. The second-order valence-corrected chi connectivity index (χ2v) is 5.46. The second kappa shape index (κ2) is 6.35. The van der Waals surface area contributed by atoms with Crippen LogP contribution in [-0.2, 0) is 10.2 Å². The third-order valence-corrected chi connectivity index (χ3v) is 3.35. The van der Waals surface area contributed by atoms with Crippen molar-refractivity contribution in [3.63, 3.8) is 0 Å². The molecule has 0 aliphatic heterocycles. The monoisotopic (exact) mass is 269 g/mol. The summed E-state index contributed by atoms with van der Waals surface area (Å²) < 4.78 is 26.5. The molecular formula is C11H15N3O3S. The van der Waals surface area contributed by atoms with Crippen LogP contribution < -0.4 is 4.72 Å². The lowest BCUT2D eigenvalue weighted by molar-refractivity contribution is 0.305. The second-order valence-electron chi connectivity index (χ2n) is 3.57. The fourth-order valence-electron chi connectivity index (χ4n) is 0.994. The smallest absolute Gasteiger partial charge is 0.302 e. The summed E-state index contributed by atoms with van der Waals surface area (Å²) >= 11 is 0. The summed E-state index contributed by atoms with van der Waals surface area (Å²) in [7, 11) is -0.713. The summed E-state index contributed by atoms with van der Waals surface area (Å²) in [5.74, 6) is 5.65. The molecule has 1 heterocycles. The zero-order valence-electron chi connectivity index (χ0n) is 10.2. The first-order chi connectivity index (χ1) is 8.45. The predicted octanol–water partition coefficient (Wildman–Crippen LogP) is 0.0338. The summed E-state index contributed by atoms with van der Waals surface area (Å²) in [6, 6.07) is 4.86. The van der Waals surface area contributed by atoms with Gasteiger partial charge in [-0.1, -0.05) is 12.0 Å². The van der Waals surface area contributed by atoms with Gasteiger partial charge in [0, 0.05) is 20.5 Å². The Bertz CT molecular complexity index is 558. The Morgan fingerprint density at radius 3 is 2.78 bits per heavy atom. The molecule has 1 aromatic rings. The van der Waals surface area contributed by atoms with Crippen molar-refractivity contribution in [2.24, 2.45) is 0 Å². The Labute approximate surface area is 107 Å². The number of aliphatic hydroxyl groups is 1. The minimum absolute atomic E-state index is 0.0139. The highest BCUT2D eigenvalue weighted by atomic mass is 32.2. The number of anilines is 1. The Morgan fingerprint density at radius 2 is 2.17 bits per heavy atom. The van der Waals surface area contributed by atoms with Crippen molar-refractivity contribution in [3.05, 3.63) is 23.9 Å². The summed E-state index contributed by atoms with van der Waals surface area (Å²) in [4.78, 5) is 4.04. The van der Waals surface area contributed by atoms with E-state index in [0.717, 1.165) is 4.31 Å². The lowest BCUT2D eigenvalue weighted by Gasteiger charge is -2.12. The van der Waals surface area contributed by atoms with E-state index in [1.54, 1.807) is 12.1 Å². The number of aliphatic hydroxyl groups excluding tert-OH is 1.